The Morgan fingerprint density at radius 1 is 0.722 bits per heavy atom. The van der Waals surface area contributed by atoms with E-state index in [1.54, 1.807) is 0 Å². The third kappa shape index (κ3) is 16.4. The van der Waals surface area contributed by atoms with E-state index in [0.29, 0.717) is 12.8 Å². The summed E-state index contributed by atoms with van der Waals surface area (Å²) in [4.78, 5) is 119. The first-order chi connectivity index (χ1) is 25.4. The van der Waals surface area contributed by atoms with E-state index in [2.05, 4.69) is 31.6 Å². The van der Waals surface area contributed by atoms with Gasteiger partial charge in [0.25, 0.3) is 0 Å². The zero-order valence-electron chi connectivity index (χ0n) is 29.7. The smallest absolute Gasteiger partial charge is 0.328 e. The van der Waals surface area contributed by atoms with Crippen molar-refractivity contribution in [1.82, 2.24) is 31.5 Å². The quantitative estimate of drug-likeness (QED) is 0.0233. The highest BCUT2D eigenvalue weighted by Gasteiger charge is 2.39. The molecule has 1 rings (SSSR count). The van der Waals surface area contributed by atoms with Crippen LogP contribution in [0.1, 0.15) is 57.8 Å². The second-order valence-electron chi connectivity index (χ2n) is 12.3. The van der Waals surface area contributed by atoms with Crippen LogP contribution >= 0.6 is 0 Å². The fraction of sp³-hybridized carbons (Fsp3) is 0.667. The van der Waals surface area contributed by atoms with Gasteiger partial charge in [0.15, 0.2) is 5.96 Å². The molecule has 0 unspecified atom stereocenters. The fourth-order valence-electron chi connectivity index (χ4n) is 5.34. The number of carbonyl (C=O) groups excluding carboxylic acids is 7. The minimum atomic E-state index is -1.75. The number of likely N-dealkylation sites (tertiary alicyclic amines) is 1. The molecule has 54 heavy (non-hydrogen) atoms. The Kier molecular flexibility index (Phi) is 20.5. The average Bonchev–Trinajstić information content (AvgIpc) is 3.60. The number of rotatable bonds is 25. The summed E-state index contributed by atoms with van der Waals surface area (Å²) in [6.07, 6.45) is -0.502. The van der Waals surface area contributed by atoms with E-state index in [0.717, 1.165) is 4.90 Å². The molecule has 304 valence electrons. The molecule has 7 amide bonds. The second-order valence-corrected chi connectivity index (χ2v) is 12.3. The summed E-state index contributed by atoms with van der Waals surface area (Å²) in [5, 5.41) is 39.2. The molecule has 0 aromatic rings. The van der Waals surface area contributed by atoms with E-state index < -0.39 is 116 Å². The Bertz CT molecular complexity index is 1390. The first kappa shape index (κ1) is 46.4. The summed E-state index contributed by atoms with van der Waals surface area (Å²) in [5.41, 5.74) is 26.9. The first-order valence-electron chi connectivity index (χ1n) is 17.1. The maximum atomic E-state index is 13.9. The third-order valence-electron chi connectivity index (χ3n) is 8.03. The van der Waals surface area contributed by atoms with Crippen LogP contribution in [0.15, 0.2) is 4.99 Å². The summed E-state index contributed by atoms with van der Waals surface area (Å²) in [5.74, 6) is -9.89. The number of nitrogens with zero attached hydrogens (tertiary/aromatic N) is 2. The van der Waals surface area contributed by atoms with Gasteiger partial charge in [-0.05, 0) is 51.5 Å². The minimum absolute atomic E-state index is 0.0441. The Hall–Kier alpha value is -5.62. The van der Waals surface area contributed by atoms with Gasteiger partial charge in [0.05, 0.1) is 26.0 Å². The van der Waals surface area contributed by atoms with Gasteiger partial charge >= 0.3 is 11.9 Å². The molecule has 0 aromatic heterocycles. The lowest BCUT2D eigenvalue weighted by atomic mass is 10.0. The number of nitrogens with one attached hydrogen (secondary N) is 5. The molecular weight excluding hydrogens is 720 g/mol. The van der Waals surface area contributed by atoms with Crippen LogP contribution in [0, 0.1) is 0 Å². The molecule has 0 spiro atoms. The zero-order chi connectivity index (χ0) is 41.0. The van der Waals surface area contributed by atoms with Crippen LogP contribution in [-0.4, -0.2) is 149 Å². The fourth-order valence-corrected chi connectivity index (χ4v) is 5.34. The number of carbonyl (C=O) groups is 9. The molecule has 1 saturated heterocycles. The number of guanidine groups is 1. The molecule has 0 bridgehead atoms. The number of nitrogens with two attached hydrogens (primary N) is 5. The molecule has 1 aliphatic rings. The molecule has 1 fully saturated rings. The maximum Gasteiger partial charge on any atom is 0.328 e. The van der Waals surface area contributed by atoms with Gasteiger partial charge in [-0.15, -0.1) is 0 Å². The predicted molar refractivity (Wildman–Crippen MR) is 187 cm³/mol. The molecule has 0 saturated carbocycles. The maximum absolute atomic E-state index is 13.9. The van der Waals surface area contributed by atoms with Crippen molar-refractivity contribution in [2.24, 2.45) is 33.7 Å². The summed E-state index contributed by atoms with van der Waals surface area (Å²) in [7, 11) is 0. The summed E-state index contributed by atoms with van der Waals surface area (Å²) in [6, 6.07) is -8.95. The topological polar surface area (TPSA) is 420 Å². The van der Waals surface area contributed by atoms with Crippen molar-refractivity contribution in [3.63, 3.8) is 0 Å². The normalized spacial score (nSPS) is 16.4. The molecule has 24 heteroatoms. The number of amides is 7. The van der Waals surface area contributed by atoms with Crippen LogP contribution in [0.25, 0.3) is 0 Å². The van der Waals surface area contributed by atoms with Gasteiger partial charge < -0.3 is 75.5 Å². The molecular formula is C30H52N12O12. The number of hydrogen-bond acceptors (Lipinski definition) is 13. The van der Waals surface area contributed by atoms with Crippen molar-refractivity contribution >= 4 is 59.2 Å². The van der Waals surface area contributed by atoms with Crippen molar-refractivity contribution < 1.29 is 58.5 Å². The van der Waals surface area contributed by atoms with Gasteiger partial charge in [-0.25, -0.2) is 4.79 Å². The Balaban J connectivity index is 3.37. The third-order valence-corrected chi connectivity index (χ3v) is 8.03. The van der Waals surface area contributed by atoms with E-state index in [4.69, 9.17) is 28.7 Å². The minimum Gasteiger partial charge on any atom is -0.481 e. The van der Waals surface area contributed by atoms with Crippen molar-refractivity contribution in [2.75, 3.05) is 32.8 Å². The predicted octanol–water partition coefficient (Wildman–Crippen LogP) is -7.03. The molecule has 18 N–H and O–H groups in total. The first-order valence-corrected chi connectivity index (χ1v) is 17.1. The van der Waals surface area contributed by atoms with Crippen LogP contribution in [0.3, 0.4) is 0 Å². The monoisotopic (exact) mass is 772 g/mol. The lowest BCUT2D eigenvalue weighted by Crippen LogP contribution is -2.60. The lowest BCUT2D eigenvalue weighted by Gasteiger charge is -2.30. The van der Waals surface area contributed by atoms with Crippen LogP contribution in [0.4, 0.5) is 0 Å². The molecule has 0 aromatic carbocycles. The number of aliphatic carboxylic acids is 2. The molecule has 1 aliphatic heterocycles. The summed E-state index contributed by atoms with van der Waals surface area (Å²) >= 11 is 0. The van der Waals surface area contributed by atoms with E-state index in [9.17, 15) is 58.5 Å². The van der Waals surface area contributed by atoms with Gasteiger partial charge in [-0.3, -0.25) is 43.3 Å². The summed E-state index contributed by atoms with van der Waals surface area (Å²) < 4.78 is 0. The molecule has 24 nitrogen and oxygen atoms in total. The lowest BCUT2D eigenvalue weighted by molar-refractivity contribution is -0.145. The largest absolute Gasteiger partial charge is 0.481 e. The Morgan fingerprint density at radius 2 is 1.30 bits per heavy atom. The number of aliphatic hydroxyl groups is 1. The molecule has 0 radical (unpaired) electrons. The van der Waals surface area contributed by atoms with Gasteiger partial charge in [-0.1, -0.05) is 0 Å². The highest BCUT2D eigenvalue weighted by molar-refractivity contribution is 5.98. The van der Waals surface area contributed by atoms with Crippen LogP contribution in [-0.2, 0) is 43.2 Å². The number of aliphatic imine (C=N–C) groups is 1. The highest BCUT2D eigenvalue weighted by Crippen LogP contribution is 2.20. The van der Waals surface area contributed by atoms with Crippen LogP contribution < -0.4 is 55.3 Å². The van der Waals surface area contributed by atoms with Gasteiger partial charge in [-0.2, -0.15) is 0 Å². The van der Waals surface area contributed by atoms with E-state index >= 15 is 0 Å². The number of carboxylic acid groups (broad SMARTS) is 2. The summed E-state index contributed by atoms with van der Waals surface area (Å²) in [6.45, 7) is -1.17. The SMILES string of the molecule is NCCCC[C@H](NC(=O)[C@H](CC(N)=O)NC(=O)[C@H](CC(=O)O)NC(=O)CN)C(=O)N[C@@H](CCCN=C(N)N)C(=O)N1CCC[C@H]1C(=O)N[C@@H](CO)C(=O)O. The van der Waals surface area contributed by atoms with Crippen LogP contribution in [0.2, 0.25) is 0 Å². The Morgan fingerprint density at radius 3 is 1.83 bits per heavy atom. The highest BCUT2D eigenvalue weighted by atomic mass is 16.4. The molecule has 1 heterocycles. The standard InChI is InChI=1S/C30H52N12O12/c31-8-2-1-5-15(38-25(49)17(11-21(33)44)40-26(50)18(12-23(46)47)37-22(45)13-32)24(48)39-16(6-3-9-36-30(34)35)28(52)42-10-4-7-20(42)27(51)41-19(14-43)29(53)54/h15-20,43H,1-14,31-32H2,(H2,33,44)(H,37,45)(H,38,49)(H,39,48)(H,40,50)(H,41,51)(H,46,47)(H,53,54)(H4,34,35,36)/t15-,16-,17-,18-,19-,20-/m0/s1. The number of hydrogen-bond donors (Lipinski definition) is 13. The van der Waals surface area contributed by atoms with E-state index in [-0.39, 0.29) is 57.7 Å². The van der Waals surface area contributed by atoms with Gasteiger partial charge in [0.2, 0.25) is 41.4 Å². The van der Waals surface area contributed by atoms with Crippen molar-refractivity contribution in [3.8, 4) is 0 Å². The zero-order valence-corrected chi connectivity index (χ0v) is 29.7. The average molecular weight is 773 g/mol. The van der Waals surface area contributed by atoms with E-state index in [1.165, 1.54) is 0 Å². The van der Waals surface area contributed by atoms with Crippen molar-refractivity contribution in [2.45, 2.75) is 94.0 Å². The number of unbranched alkanes of at least 4 members (excludes halogenated alkanes) is 1. The number of primary amides is 1. The number of carboxylic acids is 2. The van der Waals surface area contributed by atoms with Gasteiger partial charge in [0.1, 0.15) is 36.3 Å². The molecule has 6 atom stereocenters. The van der Waals surface area contributed by atoms with Crippen LogP contribution in [0.5, 0.6) is 0 Å². The van der Waals surface area contributed by atoms with Crippen molar-refractivity contribution in [1.29, 1.82) is 0 Å². The van der Waals surface area contributed by atoms with E-state index in [1.807, 2.05) is 0 Å². The second kappa shape index (κ2) is 23.8. The Labute approximate surface area is 309 Å². The molecule has 0 aliphatic carbocycles. The number of aliphatic hydroxyl groups excluding tert-OH is 1. The van der Waals surface area contributed by atoms with Crippen molar-refractivity contribution in [3.05, 3.63) is 0 Å². The van der Waals surface area contributed by atoms with Gasteiger partial charge in [0, 0.05) is 13.1 Å².